The third-order valence-corrected chi connectivity index (χ3v) is 2.04. The molecule has 0 atom stereocenters. The van der Waals surface area contributed by atoms with E-state index in [-0.39, 0.29) is 5.56 Å². The molecule has 1 aromatic rings. The molecule has 0 aliphatic carbocycles. The molecule has 0 fully saturated rings. The van der Waals surface area contributed by atoms with E-state index in [1.807, 2.05) is 5.32 Å². The smallest absolute Gasteiger partial charge is 0.302 e. The van der Waals surface area contributed by atoms with E-state index in [0.29, 0.717) is 0 Å². The number of ketones is 1. The molecule has 0 amide bonds. The Labute approximate surface area is 99.8 Å². The lowest BCUT2D eigenvalue weighted by atomic mass is 10.1. The molecule has 0 saturated carbocycles. The Hall–Kier alpha value is -1.50. The molecule has 1 rings (SSSR count). The van der Waals surface area contributed by atoms with Crippen LogP contribution in [0.4, 0.5) is 22.0 Å². The van der Waals surface area contributed by atoms with E-state index in [1.165, 1.54) is 0 Å². The van der Waals surface area contributed by atoms with Gasteiger partial charge in [0.25, 0.3) is 0 Å². The topological polar surface area (TPSA) is 29.1 Å². The Morgan fingerprint density at radius 2 is 1.89 bits per heavy atom. The molecule has 100 valence electrons. The summed E-state index contributed by atoms with van der Waals surface area (Å²) in [5, 5.41) is 1.89. The summed E-state index contributed by atoms with van der Waals surface area (Å²) >= 11 is 0. The molecule has 7 heteroatoms. The number of alkyl halides is 3. The molecule has 0 spiro atoms. The van der Waals surface area contributed by atoms with Crippen LogP contribution in [-0.2, 0) is 11.2 Å². The predicted molar refractivity (Wildman–Crippen MR) is 54.0 cm³/mol. The van der Waals surface area contributed by atoms with Crippen LogP contribution in [0.3, 0.4) is 0 Å². The van der Waals surface area contributed by atoms with Crippen LogP contribution in [0.25, 0.3) is 0 Å². The molecule has 1 aromatic carbocycles. The summed E-state index contributed by atoms with van der Waals surface area (Å²) in [6.07, 6.45) is -4.86. The molecule has 1 N–H and O–H groups in total. The summed E-state index contributed by atoms with van der Waals surface area (Å²) in [6, 6.07) is 2.60. The molecule has 18 heavy (non-hydrogen) atoms. The molecule has 0 aliphatic heterocycles. The van der Waals surface area contributed by atoms with Crippen molar-refractivity contribution in [1.82, 2.24) is 5.32 Å². The largest absolute Gasteiger partial charge is 0.401 e. The minimum Gasteiger partial charge on any atom is -0.302 e. The van der Waals surface area contributed by atoms with Gasteiger partial charge in [-0.1, -0.05) is 0 Å². The molecule has 0 aliphatic rings. The van der Waals surface area contributed by atoms with Crippen LogP contribution >= 0.6 is 0 Å². The predicted octanol–water partition coefficient (Wildman–Crippen LogP) is 2.23. The van der Waals surface area contributed by atoms with Gasteiger partial charge in [0.1, 0.15) is 11.6 Å². The van der Waals surface area contributed by atoms with E-state index in [2.05, 4.69) is 0 Å². The first-order chi connectivity index (χ1) is 8.28. The zero-order valence-corrected chi connectivity index (χ0v) is 9.15. The van der Waals surface area contributed by atoms with Crippen LogP contribution in [0.5, 0.6) is 0 Å². The summed E-state index contributed by atoms with van der Waals surface area (Å²) in [5.74, 6) is -2.12. The lowest BCUT2D eigenvalue weighted by Gasteiger charge is -2.07. The first kappa shape index (κ1) is 14.6. The van der Waals surface area contributed by atoms with Crippen LogP contribution < -0.4 is 5.32 Å². The second kappa shape index (κ2) is 5.90. The molecule has 0 heterocycles. The maximum atomic E-state index is 13.1. The first-order valence-electron chi connectivity index (χ1n) is 5.01. The van der Waals surface area contributed by atoms with Gasteiger partial charge in [0.05, 0.1) is 13.1 Å². The van der Waals surface area contributed by atoms with Gasteiger partial charge in [0.2, 0.25) is 0 Å². The van der Waals surface area contributed by atoms with Crippen molar-refractivity contribution in [1.29, 1.82) is 0 Å². The molecule has 0 aromatic heterocycles. The normalized spacial score (nSPS) is 11.6. The van der Waals surface area contributed by atoms with Crippen molar-refractivity contribution in [3.63, 3.8) is 0 Å². The zero-order valence-electron chi connectivity index (χ0n) is 9.15. The van der Waals surface area contributed by atoms with Crippen molar-refractivity contribution in [2.24, 2.45) is 0 Å². The molecule has 0 radical (unpaired) electrons. The van der Waals surface area contributed by atoms with Gasteiger partial charge in [-0.2, -0.15) is 13.2 Å². The first-order valence-corrected chi connectivity index (χ1v) is 5.01. The second-order valence-corrected chi connectivity index (χ2v) is 3.67. The van der Waals surface area contributed by atoms with Crippen molar-refractivity contribution < 1.29 is 26.7 Å². The monoisotopic (exact) mass is 267 g/mol. The minimum absolute atomic E-state index is 0.172. The van der Waals surface area contributed by atoms with Gasteiger partial charge in [-0.3, -0.25) is 4.79 Å². The highest BCUT2D eigenvalue weighted by molar-refractivity contribution is 5.82. The second-order valence-electron chi connectivity index (χ2n) is 3.67. The van der Waals surface area contributed by atoms with E-state index in [1.54, 1.807) is 0 Å². The van der Waals surface area contributed by atoms with E-state index >= 15 is 0 Å². The lowest BCUT2D eigenvalue weighted by molar-refractivity contribution is -0.127. The Morgan fingerprint density at radius 3 is 2.50 bits per heavy atom. The highest BCUT2D eigenvalue weighted by Gasteiger charge is 2.26. The number of hydrogen-bond acceptors (Lipinski definition) is 2. The molecule has 0 bridgehead atoms. The standard InChI is InChI=1S/C11H10F5NO/c12-8-1-2-10(13)7(3-8)4-9(18)5-17-6-11(14,15)16/h1-3,17H,4-6H2. The summed E-state index contributed by atoms with van der Waals surface area (Å²) in [4.78, 5) is 11.2. The van der Waals surface area contributed by atoms with E-state index in [9.17, 15) is 26.7 Å². The maximum absolute atomic E-state index is 13.1. The fraction of sp³-hybridized carbons (Fsp3) is 0.364. The van der Waals surface area contributed by atoms with Crippen molar-refractivity contribution >= 4 is 5.78 Å². The number of Topliss-reactive ketones (excluding diaryl/α,β-unsaturated/α-hetero) is 1. The number of rotatable bonds is 5. The van der Waals surface area contributed by atoms with Gasteiger partial charge in [-0.15, -0.1) is 0 Å². The number of halogens is 5. The number of hydrogen-bond donors (Lipinski definition) is 1. The Balaban J connectivity index is 2.47. The van der Waals surface area contributed by atoms with Gasteiger partial charge in [0, 0.05) is 6.42 Å². The number of benzene rings is 1. The zero-order chi connectivity index (χ0) is 13.8. The average molecular weight is 267 g/mol. The Morgan fingerprint density at radius 1 is 1.22 bits per heavy atom. The average Bonchev–Trinajstić information content (AvgIpc) is 2.21. The van der Waals surface area contributed by atoms with Crippen molar-refractivity contribution in [2.75, 3.05) is 13.1 Å². The SMILES string of the molecule is O=C(CNCC(F)(F)F)Cc1cc(F)ccc1F. The van der Waals surface area contributed by atoms with Crippen LogP contribution in [0.1, 0.15) is 5.56 Å². The minimum atomic E-state index is -4.41. The molecular formula is C11H10F5NO. The van der Waals surface area contributed by atoms with Crippen LogP contribution in [-0.4, -0.2) is 25.0 Å². The van der Waals surface area contributed by atoms with Gasteiger partial charge in [-0.25, -0.2) is 8.78 Å². The summed E-state index contributed by atoms with van der Waals surface area (Å²) in [5.41, 5.74) is -0.172. The maximum Gasteiger partial charge on any atom is 0.401 e. The van der Waals surface area contributed by atoms with Gasteiger partial charge < -0.3 is 5.32 Å². The van der Waals surface area contributed by atoms with E-state index < -0.39 is 43.1 Å². The fourth-order valence-electron chi connectivity index (χ4n) is 1.30. The quantitative estimate of drug-likeness (QED) is 0.829. The fourth-order valence-corrected chi connectivity index (χ4v) is 1.30. The molecular weight excluding hydrogens is 257 g/mol. The Bertz CT molecular complexity index is 430. The number of nitrogens with one attached hydrogen (secondary N) is 1. The molecule has 2 nitrogen and oxygen atoms in total. The van der Waals surface area contributed by atoms with Crippen molar-refractivity contribution in [3.8, 4) is 0 Å². The highest BCUT2D eigenvalue weighted by Crippen LogP contribution is 2.12. The van der Waals surface area contributed by atoms with Gasteiger partial charge >= 0.3 is 6.18 Å². The van der Waals surface area contributed by atoms with E-state index in [0.717, 1.165) is 18.2 Å². The van der Waals surface area contributed by atoms with Crippen LogP contribution in [0.15, 0.2) is 18.2 Å². The third-order valence-electron chi connectivity index (χ3n) is 2.04. The van der Waals surface area contributed by atoms with Crippen molar-refractivity contribution in [3.05, 3.63) is 35.4 Å². The molecule has 0 unspecified atom stereocenters. The van der Waals surface area contributed by atoms with Gasteiger partial charge in [-0.05, 0) is 23.8 Å². The van der Waals surface area contributed by atoms with Crippen LogP contribution in [0, 0.1) is 11.6 Å². The highest BCUT2D eigenvalue weighted by atomic mass is 19.4. The van der Waals surface area contributed by atoms with Crippen LogP contribution in [0.2, 0.25) is 0 Å². The summed E-state index contributed by atoms with van der Waals surface area (Å²) in [6.45, 7) is -1.85. The van der Waals surface area contributed by atoms with Gasteiger partial charge in [0.15, 0.2) is 5.78 Å². The number of carbonyl (C=O) groups is 1. The van der Waals surface area contributed by atoms with Crippen molar-refractivity contribution in [2.45, 2.75) is 12.6 Å². The summed E-state index contributed by atoms with van der Waals surface area (Å²) in [7, 11) is 0. The Kier molecular flexibility index (Phi) is 4.77. The third kappa shape index (κ3) is 5.22. The number of carbonyl (C=O) groups excluding carboxylic acids is 1. The van der Waals surface area contributed by atoms with E-state index in [4.69, 9.17) is 0 Å². The molecule has 0 saturated heterocycles. The lowest BCUT2D eigenvalue weighted by Crippen LogP contribution is -2.33. The summed E-state index contributed by atoms with van der Waals surface area (Å²) < 4.78 is 61.2.